The number of nitrogens with zero attached hydrogens (tertiary/aromatic N) is 1. The van der Waals surface area contributed by atoms with Gasteiger partial charge in [-0.15, -0.1) is 0 Å². The molecular formula is C37H63NO6S2. The molecule has 46 heavy (non-hydrogen) atoms. The second-order valence-corrected chi connectivity index (χ2v) is 15.0. The highest BCUT2D eigenvalue weighted by Gasteiger charge is 2.25. The fraction of sp³-hybridized carbons (Fsp3) is 0.757. The van der Waals surface area contributed by atoms with Crippen molar-refractivity contribution in [2.24, 2.45) is 5.92 Å². The number of hydrogen-bond donors (Lipinski definition) is 0. The first-order chi connectivity index (χ1) is 22.4. The maximum Gasteiger partial charge on any atom is 0.224 e. The SMILES string of the molecule is CCCCCCCCCCCCCCOCC1COC(COCCCCCCC[n+]2ccsc2)C1.Cc1ccc(S(=O)(=O)[O-])cc1. The third-order valence-electron chi connectivity index (χ3n) is 8.51. The highest BCUT2D eigenvalue weighted by atomic mass is 32.2. The van der Waals surface area contributed by atoms with Gasteiger partial charge in [0.1, 0.15) is 16.7 Å². The predicted octanol–water partition coefficient (Wildman–Crippen LogP) is 9.02. The second-order valence-electron chi connectivity index (χ2n) is 12.9. The third-order valence-corrected chi connectivity index (χ3v) is 10.0. The average Bonchev–Trinajstić information content (AvgIpc) is 3.73. The lowest BCUT2D eigenvalue weighted by atomic mass is 10.1. The van der Waals surface area contributed by atoms with Crippen LogP contribution in [0.5, 0.6) is 0 Å². The molecule has 1 fully saturated rings. The molecule has 2 heterocycles. The Bertz CT molecular complexity index is 1060. The standard InChI is InChI=1S/C30H56NO3S.C7H8O3S/c1-2-3-4-5-6-7-8-9-10-11-14-17-21-32-25-29-24-30(34-26-29)27-33-22-18-15-12-13-16-19-31-20-23-35-28-31;1-6-2-4-7(5-3-6)11(8,9)10/h20,23,28-30H,2-19,21-22,24-27H2,1H3;2-5H,1H3,(H,8,9,10)/q+1;/p-1. The van der Waals surface area contributed by atoms with Crippen molar-refractivity contribution in [3.63, 3.8) is 0 Å². The molecule has 264 valence electrons. The maximum absolute atomic E-state index is 10.4. The number of hydrogen-bond acceptors (Lipinski definition) is 7. The molecule has 9 heteroatoms. The first-order valence-corrected chi connectivity index (χ1v) is 20.4. The molecule has 1 saturated heterocycles. The molecule has 0 aliphatic carbocycles. The van der Waals surface area contributed by atoms with Gasteiger partial charge >= 0.3 is 0 Å². The van der Waals surface area contributed by atoms with E-state index in [-0.39, 0.29) is 11.0 Å². The van der Waals surface area contributed by atoms with E-state index in [4.69, 9.17) is 14.2 Å². The topological polar surface area (TPSA) is 88.8 Å². The number of aromatic nitrogens is 1. The van der Waals surface area contributed by atoms with Crippen molar-refractivity contribution in [3.8, 4) is 0 Å². The van der Waals surface area contributed by atoms with Gasteiger partial charge in [-0.05, 0) is 44.7 Å². The van der Waals surface area contributed by atoms with Crippen LogP contribution in [-0.4, -0.2) is 52.1 Å². The molecule has 0 radical (unpaired) electrons. The minimum atomic E-state index is -4.27. The lowest BCUT2D eigenvalue weighted by Gasteiger charge is -2.11. The first kappa shape index (κ1) is 40.8. The number of aryl methyl sites for hydroxylation is 2. The molecule has 1 aromatic carbocycles. The summed E-state index contributed by atoms with van der Waals surface area (Å²) in [6.07, 6.45) is 26.6. The first-order valence-electron chi connectivity index (χ1n) is 18.1. The van der Waals surface area contributed by atoms with Crippen LogP contribution in [-0.2, 0) is 30.9 Å². The highest BCUT2D eigenvalue weighted by Crippen LogP contribution is 2.21. The largest absolute Gasteiger partial charge is 0.744 e. The smallest absolute Gasteiger partial charge is 0.224 e. The van der Waals surface area contributed by atoms with Gasteiger partial charge < -0.3 is 18.8 Å². The summed E-state index contributed by atoms with van der Waals surface area (Å²) in [5, 5.41) is 2.14. The number of benzene rings is 1. The van der Waals surface area contributed by atoms with Crippen LogP contribution in [0.1, 0.15) is 128 Å². The Kier molecular flexibility index (Phi) is 23.6. The number of unbranched alkanes of at least 4 members (excludes halogenated alkanes) is 15. The van der Waals surface area contributed by atoms with Gasteiger partial charge in [0.2, 0.25) is 5.51 Å². The zero-order chi connectivity index (χ0) is 33.1. The number of rotatable bonds is 26. The highest BCUT2D eigenvalue weighted by molar-refractivity contribution is 7.85. The number of ether oxygens (including phenoxy) is 3. The summed E-state index contributed by atoms with van der Waals surface area (Å²) in [6.45, 7) is 9.51. The van der Waals surface area contributed by atoms with Gasteiger partial charge in [-0.25, -0.2) is 8.42 Å². The van der Waals surface area contributed by atoms with Crippen LogP contribution in [0.25, 0.3) is 0 Å². The monoisotopic (exact) mass is 681 g/mol. The molecule has 0 bridgehead atoms. The van der Waals surface area contributed by atoms with Gasteiger partial charge in [0, 0.05) is 25.6 Å². The summed E-state index contributed by atoms with van der Waals surface area (Å²) < 4.78 is 51.2. The summed E-state index contributed by atoms with van der Waals surface area (Å²) in [4.78, 5) is -0.178. The zero-order valence-electron chi connectivity index (χ0n) is 28.9. The van der Waals surface area contributed by atoms with Crippen molar-refractivity contribution in [2.75, 3.05) is 33.0 Å². The Morgan fingerprint density at radius 2 is 1.35 bits per heavy atom. The molecular weight excluding hydrogens is 619 g/mol. The van der Waals surface area contributed by atoms with Crippen LogP contribution < -0.4 is 4.57 Å². The van der Waals surface area contributed by atoms with E-state index < -0.39 is 10.1 Å². The van der Waals surface area contributed by atoms with Crippen LogP contribution in [0.15, 0.2) is 46.2 Å². The van der Waals surface area contributed by atoms with Crippen molar-refractivity contribution in [2.45, 2.75) is 147 Å². The molecule has 1 aliphatic heterocycles. The molecule has 1 aliphatic rings. The summed E-state index contributed by atoms with van der Waals surface area (Å²) in [7, 11) is -4.27. The normalized spacial score (nSPS) is 16.4. The molecule has 1 aromatic heterocycles. The lowest BCUT2D eigenvalue weighted by Crippen LogP contribution is -2.29. The van der Waals surface area contributed by atoms with Crippen molar-refractivity contribution >= 4 is 21.5 Å². The zero-order valence-corrected chi connectivity index (χ0v) is 30.5. The Balaban J connectivity index is 0.000000562. The van der Waals surface area contributed by atoms with Crippen molar-refractivity contribution < 1.29 is 31.7 Å². The minimum Gasteiger partial charge on any atom is -0.744 e. The summed E-state index contributed by atoms with van der Waals surface area (Å²) in [5.41, 5.74) is 3.12. The molecule has 0 amide bonds. The van der Waals surface area contributed by atoms with Crippen LogP contribution >= 0.6 is 11.3 Å². The summed E-state index contributed by atoms with van der Waals surface area (Å²) in [5.74, 6) is 0.557. The van der Waals surface area contributed by atoms with E-state index in [1.165, 1.54) is 121 Å². The van der Waals surface area contributed by atoms with E-state index in [1.807, 2.05) is 6.92 Å². The summed E-state index contributed by atoms with van der Waals surface area (Å²) in [6, 6.07) is 5.78. The van der Waals surface area contributed by atoms with Gasteiger partial charge in [-0.3, -0.25) is 0 Å². The van der Waals surface area contributed by atoms with Crippen LogP contribution in [0.3, 0.4) is 0 Å². The van der Waals surface area contributed by atoms with Crippen LogP contribution in [0.4, 0.5) is 0 Å². The third kappa shape index (κ3) is 21.5. The van der Waals surface area contributed by atoms with Crippen LogP contribution in [0.2, 0.25) is 0 Å². The Labute approximate surface area is 285 Å². The van der Waals surface area contributed by atoms with Gasteiger partial charge in [0.15, 0.2) is 6.20 Å². The fourth-order valence-electron chi connectivity index (χ4n) is 5.64. The molecule has 0 spiro atoms. The van der Waals surface area contributed by atoms with Gasteiger partial charge in [-0.1, -0.05) is 119 Å². The fourth-order valence-corrected chi connectivity index (χ4v) is 6.74. The van der Waals surface area contributed by atoms with E-state index >= 15 is 0 Å². The molecule has 3 rings (SSSR count). The van der Waals surface area contributed by atoms with Gasteiger partial charge in [-0.2, -0.15) is 4.57 Å². The maximum atomic E-state index is 10.4. The van der Waals surface area contributed by atoms with Gasteiger partial charge in [0.05, 0.1) is 36.2 Å². The van der Waals surface area contributed by atoms with E-state index in [0.717, 1.165) is 51.6 Å². The van der Waals surface area contributed by atoms with E-state index in [9.17, 15) is 13.0 Å². The predicted molar refractivity (Wildman–Crippen MR) is 187 cm³/mol. The van der Waals surface area contributed by atoms with Crippen molar-refractivity contribution in [3.05, 3.63) is 46.9 Å². The molecule has 0 saturated carbocycles. The van der Waals surface area contributed by atoms with E-state index in [2.05, 4.69) is 28.6 Å². The number of thiazole rings is 1. The Hall–Kier alpha value is -1.36. The van der Waals surface area contributed by atoms with Gasteiger partial charge in [0.25, 0.3) is 0 Å². The Morgan fingerprint density at radius 1 is 0.804 bits per heavy atom. The molecule has 0 N–H and O–H groups in total. The minimum absolute atomic E-state index is 0.178. The molecule has 7 nitrogen and oxygen atoms in total. The molecule has 2 unspecified atom stereocenters. The van der Waals surface area contributed by atoms with Crippen LogP contribution in [0, 0.1) is 12.8 Å². The molecule has 2 aromatic rings. The quantitative estimate of drug-likeness (QED) is 0.0559. The van der Waals surface area contributed by atoms with E-state index in [1.54, 1.807) is 23.5 Å². The molecule has 2 atom stereocenters. The van der Waals surface area contributed by atoms with Crippen molar-refractivity contribution in [1.82, 2.24) is 0 Å². The average molecular weight is 682 g/mol. The second kappa shape index (κ2) is 26.6. The Morgan fingerprint density at radius 3 is 1.89 bits per heavy atom. The lowest BCUT2D eigenvalue weighted by molar-refractivity contribution is -0.692. The van der Waals surface area contributed by atoms with Crippen molar-refractivity contribution in [1.29, 1.82) is 0 Å². The van der Waals surface area contributed by atoms with E-state index in [0.29, 0.717) is 5.92 Å². The summed E-state index contributed by atoms with van der Waals surface area (Å²) >= 11 is 1.77.